The number of fused-ring (bicyclic) bond motifs is 1. The number of rotatable bonds is 1. The summed E-state index contributed by atoms with van der Waals surface area (Å²) < 4.78 is 0.889. The molecule has 1 aliphatic carbocycles. The van der Waals surface area contributed by atoms with Crippen LogP contribution in [0.2, 0.25) is 0 Å². The van der Waals surface area contributed by atoms with E-state index in [4.69, 9.17) is 0 Å². The van der Waals surface area contributed by atoms with Crippen molar-refractivity contribution in [3.05, 3.63) is 28.7 Å². The summed E-state index contributed by atoms with van der Waals surface area (Å²) in [4.78, 5) is 10.9. The molecule has 1 aromatic heterocycles. The number of hydrogen-bond acceptors (Lipinski definition) is 2. The zero-order valence-electron chi connectivity index (χ0n) is 8.75. The Morgan fingerprint density at radius 1 is 1.47 bits per heavy atom. The van der Waals surface area contributed by atoms with E-state index < -0.39 is 0 Å². The molecule has 0 fully saturated rings. The van der Waals surface area contributed by atoms with Gasteiger partial charge in [-0.1, -0.05) is 0 Å². The molecule has 2 rings (SSSR count). The summed E-state index contributed by atoms with van der Waals surface area (Å²) in [5.74, 6) is -0.147. The van der Waals surface area contributed by atoms with Gasteiger partial charge in [-0.15, -0.1) is 0 Å². The number of carbonyl (C=O) groups excluding carboxylic acids is 1. The molecule has 0 atom stereocenters. The third-order valence-corrected chi connectivity index (χ3v) is 2.65. The highest BCUT2D eigenvalue weighted by atomic mass is 16.5. The molecule has 0 aromatic carbocycles. The van der Waals surface area contributed by atoms with Gasteiger partial charge in [-0.05, 0) is 25.3 Å². The first-order chi connectivity index (χ1) is 7.16. The second-order valence-corrected chi connectivity index (χ2v) is 3.91. The van der Waals surface area contributed by atoms with Gasteiger partial charge >= 0.3 is 0 Å². The summed E-state index contributed by atoms with van der Waals surface area (Å²) in [6.45, 7) is 1.44. The highest BCUT2D eigenvalue weighted by Crippen LogP contribution is 2.20. The molecule has 1 heterocycles. The predicted molar refractivity (Wildman–Crippen MR) is 56.3 cm³/mol. The van der Waals surface area contributed by atoms with Crippen LogP contribution >= 0.6 is 0 Å². The smallest absolute Gasteiger partial charge is 0.221 e. The fraction of sp³-hybridized carbons (Fsp3) is 0.455. The Labute approximate surface area is 88.5 Å². The van der Waals surface area contributed by atoms with E-state index in [1.807, 2.05) is 6.07 Å². The molecule has 1 aromatic rings. The first-order valence-corrected chi connectivity index (χ1v) is 5.19. The largest absolute Gasteiger partial charge is 0.618 e. The van der Waals surface area contributed by atoms with Crippen molar-refractivity contribution >= 4 is 11.6 Å². The summed E-state index contributed by atoms with van der Waals surface area (Å²) in [5.41, 5.74) is 2.52. The van der Waals surface area contributed by atoms with Gasteiger partial charge in [0.2, 0.25) is 12.1 Å². The minimum atomic E-state index is -0.147. The van der Waals surface area contributed by atoms with Crippen molar-refractivity contribution < 1.29 is 9.52 Å². The van der Waals surface area contributed by atoms with Gasteiger partial charge < -0.3 is 10.5 Å². The van der Waals surface area contributed by atoms with Crippen LogP contribution in [-0.2, 0) is 17.6 Å². The van der Waals surface area contributed by atoms with Gasteiger partial charge in [-0.25, -0.2) is 0 Å². The zero-order chi connectivity index (χ0) is 10.8. The maximum absolute atomic E-state index is 11.6. The van der Waals surface area contributed by atoms with Gasteiger partial charge in [0.15, 0.2) is 5.69 Å². The first-order valence-electron chi connectivity index (χ1n) is 5.19. The third-order valence-electron chi connectivity index (χ3n) is 2.65. The summed E-state index contributed by atoms with van der Waals surface area (Å²) in [7, 11) is 0. The van der Waals surface area contributed by atoms with Crippen LogP contribution in [-0.4, -0.2) is 5.91 Å². The molecule has 1 N–H and O–H groups in total. The number of anilines is 1. The fourth-order valence-electron chi connectivity index (χ4n) is 2.02. The fourth-order valence-corrected chi connectivity index (χ4v) is 2.02. The Balaban J connectivity index is 2.36. The standard InChI is InChI=1S/C11H14N2O2/c1-8(14)12-10-6-9-4-2-3-5-11(9)13(15)7-10/h6-7H,2-5H2,1H3,(H,12,14). The Hall–Kier alpha value is -1.58. The van der Waals surface area contributed by atoms with E-state index in [0.29, 0.717) is 5.69 Å². The lowest BCUT2D eigenvalue weighted by Gasteiger charge is -2.15. The van der Waals surface area contributed by atoms with Crippen molar-refractivity contribution in [1.82, 2.24) is 0 Å². The van der Waals surface area contributed by atoms with Crippen LogP contribution in [0.3, 0.4) is 0 Å². The van der Waals surface area contributed by atoms with Crippen LogP contribution < -0.4 is 10.0 Å². The van der Waals surface area contributed by atoms with Gasteiger partial charge in [-0.3, -0.25) is 4.79 Å². The molecule has 0 saturated heterocycles. The maximum atomic E-state index is 11.6. The Kier molecular flexibility index (Phi) is 2.58. The van der Waals surface area contributed by atoms with E-state index >= 15 is 0 Å². The second-order valence-electron chi connectivity index (χ2n) is 3.91. The molecular formula is C11H14N2O2. The lowest BCUT2D eigenvalue weighted by atomic mass is 9.96. The molecule has 80 valence electrons. The van der Waals surface area contributed by atoms with Crippen molar-refractivity contribution in [3.63, 3.8) is 0 Å². The number of nitrogens with zero attached hydrogens (tertiary/aromatic N) is 1. The van der Waals surface area contributed by atoms with Crippen LogP contribution in [0.5, 0.6) is 0 Å². The molecular weight excluding hydrogens is 192 g/mol. The number of aromatic nitrogens is 1. The number of pyridine rings is 1. The molecule has 0 saturated carbocycles. The van der Waals surface area contributed by atoms with Crippen molar-refractivity contribution in [1.29, 1.82) is 0 Å². The highest BCUT2D eigenvalue weighted by molar-refractivity contribution is 5.88. The monoisotopic (exact) mass is 206 g/mol. The van der Waals surface area contributed by atoms with Gasteiger partial charge in [0, 0.05) is 18.9 Å². The van der Waals surface area contributed by atoms with Crippen LogP contribution in [0, 0.1) is 5.21 Å². The van der Waals surface area contributed by atoms with Crippen LogP contribution in [0.4, 0.5) is 5.69 Å². The van der Waals surface area contributed by atoms with Crippen LogP contribution in [0.15, 0.2) is 12.3 Å². The molecule has 0 spiro atoms. The quantitative estimate of drug-likeness (QED) is 0.553. The summed E-state index contributed by atoms with van der Waals surface area (Å²) in [5, 5.41) is 14.3. The Bertz CT molecular complexity index is 402. The molecule has 4 heteroatoms. The summed E-state index contributed by atoms with van der Waals surface area (Å²) >= 11 is 0. The van der Waals surface area contributed by atoms with Gasteiger partial charge in [0.1, 0.15) is 5.69 Å². The van der Waals surface area contributed by atoms with Gasteiger partial charge in [-0.2, -0.15) is 4.73 Å². The number of hydrogen-bond donors (Lipinski definition) is 1. The predicted octanol–water partition coefficient (Wildman–Crippen LogP) is 1.16. The Morgan fingerprint density at radius 2 is 2.20 bits per heavy atom. The number of carbonyl (C=O) groups is 1. The maximum Gasteiger partial charge on any atom is 0.221 e. The van der Waals surface area contributed by atoms with Crippen molar-refractivity contribution in [2.24, 2.45) is 0 Å². The summed E-state index contributed by atoms with van der Waals surface area (Å²) in [6, 6.07) is 1.91. The van der Waals surface area contributed by atoms with E-state index in [-0.39, 0.29) is 5.91 Å². The SMILES string of the molecule is CC(=O)Nc1cc2c([n+]([O-])c1)CCCC2. The van der Waals surface area contributed by atoms with Gasteiger partial charge in [0.05, 0.1) is 0 Å². The van der Waals surface area contributed by atoms with E-state index in [0.717, 1.165) is 41.7 Å². The van der Waals surface area contributed by atoms with Crippen molar-refractivity contribution in [3.8, 4) is 0 Å². The zero-order valence-corrected chi connectivity index (χ0v) is 8.75. The van der Waals surface area contributed by atoms with Crippen molar-refractivity contribution in [2.45, 2.75) is 32.6 Å². The average Bonchev–Trinajstić information content (AvgIpc) is 2.16. The highest BCUT2D eigenvalue weighted by Gasteiger charge is 2.18. The molecule has 0 aliphatic heterocycles. The van der Waals surface area contributed by atoms with E-state index in [2.05, 4.69) is 5.32 Å². The summed E-state index contributed by atoms with van der Waals surface area (Å²) in [6.07, 6.45) is 5.42. The average molecular weight is 206 g/mol. The minimum Gasteiger partial charge on any atom is -0.618 e. The number of nitrogens with one attached hydrogen (secondary N) is 1. The number of amides is 1. The number of aryl methyl sites for hydroxylation is 1. The topological polar surface area (TPSA) is 56.0 Å². The lowest BCUT2D eigenvalue weighted by Crippen LogP contribution is -2.35. The van der Waals surface area contributed by atoms with E-state index in [9.17, 15) is 10.0 Å². The molecule has 4 nitrogen and oxygen atoms in total. The normalized spacial score (nSPS) is 14.5. The third kappa shape index (κ3) is 2.09. The van der Waals surface area contributed by atoms with Gasteiger partial charge in [0.25, 0.3) is 0 Å². The minimum absolute atomic E-state index is 0.147. The van der Waals surface area contributed by atoms with Crippen LogP contribution in [0.1, 0.15) is 31.0 Å². The Morgan fingerprint density at radius 3 is 2.93 bits per heavy atom. The lowest BCUT2D eigenvalue weighted by molar-refractivity contribution is -0.614. The van der Waals surface area contributed by atoms with E-state index in [1.54, 1.807) is 0 Å². The van der Waals surface area contributed by atoms with Crippen molar-refractivity contribution in [2.75, 3.05) is 5.32 Å². The molecule has 15 heavy (non-hydrogen) atoms. The molecule has 0 bridgehead atoms. The molecule has 1 aliphatic rings. The second kappa shape index (κ2) is 3.88. The molecule has 0 unspecified atom stereocenters. The van der Waals surface area contributed by atoms with E-state index in [1.165, 1.54) is 13.1 Å². The molecule has 1 amide bonds. The molecule has 0 radical (unpaired) electrons. The first kappa shape index (κ1) is 9.96. The van der Waals surface area contributed by atoms with Crippen LogP contribution in [0.25, 0.3) is 0 Å².